The predicted octanol–water partition coefficient (Wildman–Crippen LogP) is 3.10. The molecule has 1 aliphatic heterocycles. The number of benzene rings is 2. The van der Waals surface area contributed by atoms with E-state index < -0.39 is 15.9 Å². The van der Waals surface area contributed by atoms with Crippen molar-refractivity contribution in [2.75, 3.05) is 13.7 Å². The molecule has 144 valence electrons. The molecule has 1 aliphatic rings. The fourth-order valence-electron chi connectivity index (χ4n) is 3.46. The van der Waals surface area contributed by atoms with E-state index in [0.717, 1.165) is 37.0 Å². The normalized spacial score (nSPS) is 18.6. The molecule has 0 bridgehead atoms. The van der Waals surface area contributed by atoms with Crippen LogP contribution in [0.4, 0.5) is 0 Å². The molecular weight excluding hydrogens is 364 g/mol. The van der Waals surface area contributed by atoms with Crippen molar-refractivity contribution < 1.29 is 17.9 Å². The van der Waals surface area contributed by atoms with Gasteiger partial charge in [-0.05, 0) is 54.8 Å². The summed E-state index contributed by atoms with van der Waals surface area (Å²) >= 11 is 0. The maximum atomic E-state index is 13.3. The molecule has 0 unspecified atom stereocenters. The van der Waals surface area contributed by atoms with Crippen LogP contribution < -0.4 is 10.5 Å². The number of carbonyl (C=O) groups excluding carboxylic acids is 1. The zero-order chi connectivity index (χ0) is 19.4. The quantitative estimate of drug-likeness (QED) is 0.852. The molecule has 27 heavy (non-hydrogen) atoms. The highest BCUT2D eigenvalue weighted by Crippen LogP contribution is 2.35. The summed E-state index contributed by atoms with van der Waals surface area (Å²) in [6, 6.07) is 13.1. The van der Waals surface area contributed by atoms with Crippen LogP contribution >= 0.6 is 0 Å². The van der Waals surface area contributed by atoms with Crippen molar-refractivity contribution in [1.82, 2.24) is 4.31 Å². The lowest BCUT2D eigenvalue weighted by molar-refractivity contribution is 0.1000. The van der Waals surface area contributed by atoms with Crippen molar-refractivity contribution in [2.24, 2.45) is 5.73 Å². The van der Waals surface area contributed by atoms with Crippen molar-refractivity contribution in [3.8, 4) is 5.75 Å². The Morgan fingerprint density at radius 2 is 1.70 bits per heavy atom. The summed E-state index contributed by atoms with van der Waals surface area (Å²) in [6.45, 7) is 0.469. The lowest BCUT2D eigenvalue weighted by Crippen LogP contribution is -2.34. The highest BCUT2D eigenvalue weighted by atomic mass is 32.2. The van der Waals surface area contributed by atoms with Crippen LogP contribution in [0.5, 0.6) is 5.75 Å². The van der Waals surface area contributed by atoms with Gasteiger partial charge in [0.2, 0.25) is 15.9 Å². The van der Waals surface area contributed by atoms with Gasteiger partial charge in [0.1, 0.15) is 5.75 Å². The van der Waals surface area contributed by atoms with Crippen LogP contribution in [0, 0.1) is 0 Å². The summed E-state index contributed by atoms with van der Waals surface area (Å²) in [5.74, 6) is 0.161. The third kappa shape index (κ3) is 4.14. The van der Waals surface area contributed by atoms with Gasteiger partial charge in [0.25, 0.3) is 0 Å². The van der Waals surface area contributed by atoms with Gasteiger partial charge < -0.3 is 10.5 Å². The monoisotopic (exact) mass is 388 g/mol. The molecule has 2 aromatic rings. The zero-order valence-electron chi connectivity index (χ0n) is 15.3. The number of nitrogens with zero attached hydrogens (tertiary/aromatic N) is 1. The van der Waals surface area contributed by atoms with Crippen LogP contribution in [0.15, 0.2) is 53.4 Å². The maximum absolute atomic E-state index is 13.3. The zero-order valence-corrected chi connectivity index (χ0v) is 16.1. The molecule has 3 rings (SSSR count). The number of methoxy groups -OCH3 is 1. The molecule has 0 aromatic heterocycles. The molecule has 1 atom stereocenters. The Morgan fingerprint density at radius 1 is 1.04 bits per heavy atom. The molecule has 2 N–H and O–H groups in total. The summed E-state index contributed by atoms with van der Waals surface area (Å²) in [6.07, 6.45) is 3.57. The van der Waals surface area contributed by atoms with Gasteiger partial charge in [0.05, 0.1) is 18.0 Å². The van der Waals surface area contributed by atoms with E-state index in [1.54, 1.807) is 11.4 Å². The van der Waals surface area contributed by atoms with Gasteiger partial charge in [0.15, 0.2) is 0 Å². The van der Waals surface area contributed by atoms with Gasteiger partial charge in [-0.15, -0.1) is 0 Å². The van der Waals surface area contributed by atoms with Gasteiger partial charge in [0, 0.05) is 12.1 Å². The Kier molecular flexibility index (Phi) is 5.82. The third-order valence-corrected chi connectivity index (χ3v) is 6.87. The smallest absolute Gasteiger partial charge is 0.248 e. The number of ether oxygens (including phenoxy) is 1. The van der Waals surface area contributed by atoms with Crippen molar-refractivity contribution in [3.05, 3.63) is 59.7 Å². The minimum absolute atomic E-state index is 0.174. The molecule has 1 fully saturated rings. The number of hydrogen-bond acceptors (Lipinski definition) is 4. The largest absolute Gasteiger partial charge is 0.497 e. The van der Waals surface area contributed by atoms with E-state index in [4.69, 9.17) is 10.5 Å². The van der Waals surface area contributed by atoms with Crippen LogP contribution in [0.3, 0.4) is 0 Å². The number of amides is 1. The highest BCUT2D eigenvalue weighted by Gasteiger charge is 2.33. The topological polar surface area (TPSA) is 89.7 Å². The minimum atomic E-state index is -3.69. The van der Waals surface area contributed by atoms with Crippen molar-refractivity contribution in [3.63, 3.8) is 0 Å². The summed E-state index contributed by atoms with van der Waals surface area (Å²) in [7, 11) is -2.09. The van der Waals surface area contributed by atoms with E-state index in [1.165, 1.54) is 24.3 Å². The standard InChI is InChI=1S/C20H24N2O4S/c1-26-17-10-6-15(7-11-17)19-5-3-2-4-14-22(19)27(24,25)18-12-8-16(9-13-18)20(21)23/h6-13,19H,2-5,14H2,1H3,(H2,21,23)/t19-/m1/s1. The Morgan fingerprint density at radius 3 is 2.30 bits per heavy atom. The van der Waals surface area contributed by atoms with E-state index in [9.17, 15) is 13.2 Å². The Bertz CT molecular complexity index is 893. The molecule has 2 aromatic carbocycles. The third-order valence-electron chi connectivity index (χ3n) is 4.95. The number of hydrogen-bond donors (Lipinski definition) is 1. The van der Waals surface area contributed by atoms with Crippen LogP contribution in [0.25, 0.3) is 0 Å². The summed E-state index contributed by atoms with van der Waals surface area (Å²) in [4.78, 5) is 11.4. The van der Waals surface area contributed by atoms with Crippen LogP contribution in [0.1, 0.15) is 47.6 Å². The fraction of sp³-hybridized carbons (Fsp3) is 0.350. The average Bonchev–Trinajstić information content (AvgIpc) is 2.95. The van der Waals surface area contributed by atoms with Crippen LogP contribution in [0.2, 0.25) is 0 Å². The van der Waals surface area contributed by atoms with Gasteiger partial charge in [-0.1, -0.05) is 25.0 Å². The van der Waals surface area contributed by atoms with Gasteiger partial charge in [-0.2, -0.15) is 4.31 Å². The Labute approximate surface area is 160 Å². The molecular formula is C20H24N2O4S. The number of rotatable bonds is 5. The first-order valence-electron chi connectivity index (χ1n) is 8.99. The second kappa shape index (κ2) is 8.10. The van der Waals surface area contributed by atoms with E-state index in [2.05, 4.69) is 0 Å². The highest BCUT2D eigenvalue weighted by molar-refractivity contribution is 7.89. The Balaban J connectivity index is 1.96. The lowest BCUT2D eigenvalue weighted by atomic mass is 10.0. The van der Waals surface area contributed by atoms with E-state index in [-0.39, 0.29) is 16.5 Å². The molecule has 0 spiro atoms. The number of nitrogens with two attached hydrogens (primary N) is 1. The summed E-state index contributed by atoms with van der Waals surface area (Å²) in [5, 5.41) is 0. The first kappa shape index (κ1) is 19.4. The van der Waals surface area contributed by atoms with Gasteiger partial charge >= 0.3 is 0 Å². The SMILES string of the molecule is COc1ccc([C@H]2CCCCCN2S(=O)(=O)c2ccc(C(N)=O)cc2)cc1. The fourth-order valence-corrected chi connectivity index (χ4v) is 5.14. The molecule has 0 aliphatic carbocycles. The molecule has 6 nitrogen and oxygen atoms in total. The van der Waals surface area contributed by atoms with E-state index in [0.29, 0.717) is 6.54 Å². The predicted molar refractivity (Wildman–Crippen MR) is 103 cm³/mol. The van der Waals surface area contributed by atoms with Crippen LogP contribution in [-0.4, -0.2) is 32.3 Å². The summed E-state index contributed by atoms with van der Waals surface area (Å²) < 4.78 is 33.4. The minimum Gasteiger partial charge on any atom is -0.497 e. The molecule has 0 saturated carbocycles. The second-order valence-electron chi connectivity index (χ2n) is 6.64. The van der Waals surface area contributed by atoms with E-state index >= 15 is 0 Å². The average molecular weight is 388 g/mol. The molecule has 0 radical (unpaired) electrons. The van der Waals surface area contributed by atoms with Gasteiger partial charge in [-0.3, -0.25) is 4.79 Å². The number of primary amides is 1. The summed E-state index contributed by atoms with van der Waals surface area (Å²) in [5.41, 5.74) is 6.49. The molecule has 1 saturated heterocycles. The van der Waals surface area contributed by atoms with Crippen molar-refractivity contribution >= 4 is 15.9 Å². The van der Waals surface area contributed by atoms with Crippen LogP contribution in [-0.2, 0) is 10.0 Å². The van der Waals surface area contributed by atoms with Gasteiger partial charge in [-0.25, -0.2) is 8.42 Å². The molecule has 1 amide bonds. The van der Waals surface area contributed by atoms with Crippen molar-refractivity contribution in [2.45, 2.75) is 36.6 Å². The second-order valence-corrected chi connectivity index (χ2v) is 8.53. The van der Waals surface area contributed by atoms with E-state index in [1.807, 2.05) is 24.3 Å². The Hall–Kier alpha value is -2.38. The first-order chi connectivity index (χ1) is 12.9. The maximum Gasteiger partial charge on any atom is 0.248 e. The van der Waals surface area contributed by atoms with Crippen molar-refractivity contribution in [1.29, 1.82) is 0 Å². The molecule has 1 heterocycles. The number of sulfonamides is 1. The lowest BCUT2D eigenvalue weighted by Gasteiger charge is -2.29. The molecule has 7 heteroatoms. The number of carbonyl (C=O) groups is 1. The first-order valence-corrected chi connectivity index (χ1v) is 10.4.